The molecule has 1 unspecified atom stereocenters. The van der Waals surface area contributed by atoms with Crippen molar-refractivity contribution in [3.8, 4) is 0 Å². The van der Waals surface area contributed by atoms with Crippen molar-refractivity contribution >= 4 is 10.9 Å². The number of hydrogen-bond acceptors (Lipinski definition) is 2. The van der Waals surface area contributed by atoms with Crippen LogP contribution < -0.4 is 5.32 Å². The van der Waals surface area contributed by atoms with E-state index in [4.69, 9.17) is 4.74 Å². The fraction of sp³-hybridized carbons (Fsp3) is 0.529. The van der Waals surface area contributed by atoms with Crippen molar-refractivity contribution < 1.29 is 13.5 Å². The first-order chi connectivity index (χ1) is 10.7. The van der Waals surface area contributed by atoms with E-state index in [-0.39, 0.29) is 11.6 Å². The second-order valence-corrected chi connectivity index (χ2v) is 5.90. The minimum atomic E-state index is -0.358. The van der Waals surface area contributed by atoms with Crippen molar-refractivity contribution in [1.29, 1.82) is 0 Å². The molecule has 3 rings (SSSR count). The van der Waals surface area contributed by atoms with E-state index in [9.17, 15) is 8.78 Å². The van der Waals surface area contributed by atoms with Gasteiger partial charge >= 0.3 is 0 Å². The molecule has 5 heteroatoms. The summed E-state index contributed by atoms with van der Waals surface area (Å²) in [5.74, 6) is -0.404. The van der Waals surface area contributed by atoms with Crippen LogP contribution in [0.2, 0.25) is 0 Å². The van der Waals surface area contributed by atoms with Crippen molar-refractivity contribution in [1.82, 2.24) is 9.88 Å². The van der Waals surface area contributed by atoms with Crippen LogP contribution in [0.5, 0.6) is 0 Å². The van der Waals surface area contributed by atoms with E-state index >= 15 is 0 Å². The molecule has 1 atom stereocenters. The predicted molar refractivity (Wildman–Crippen MR) is 83.2 cm³/mol. The fourth-order valence-electron chi connectivity index (χ4n) is 3.37. The standard InChI is InChI=1S/C17H22F2N2O/c1-22-9-3-8-21-16(12-4-2-7-20-11-12)10-13-14(18)5-6-15(19)17(13)21/h5-6,10,12,20H,2-4,7-9,11H2,1H3. The van der Waals surface area contributed by atoms with E-state index in [1.165, 1.54) is 12.1 Å². The lowest BCUT2D eigenvalue weighted by molar-refractivity contribution is 0.190. The number of ether oxygens (including phenoxy) is 1. The van der Waals surface area contributed by atoms with Crippen molar-refractivity contribution in [3.63, 3.8) is 0 Å². The number of methoxy groups -OCH3 is 1. The maximum absolute atomic E-state index is 14.3. The van der Waals surface area contributed by atoms with Crippen LogP contribution >= 0.6 is 0 Å². The van der Waals surface area contributed by atoms with E-state index < -0.39 is 0 Å². The lowest BCUT2D eigenvalue weighted by atomic mass is 9.96. The predicted octanol–water partition coefficient (Wildman–Crippen LogP) is 3.42. The van der Waals surface area contributed by atoms with Gasteiger partial charge in [-0.15, -0.1) is 0 Å². The zero-order valence-electron chi connectivity index (χ0n) is 12.9. The van der Waals surface area contributed by atoms with Crippen LogP contribution in [-0.4, -0.2) is 31.4 Å². The highest BCUT2D eigenvalue weighted by Crippen LogP contribution is 2.32. The summed E-state index contributed by atoms with van der Waals surface area (Å²) >= 11 is 0. The Balaban J connectivity index is 2.06. The van der Waals surface area contributed by atoms with Crippen LogP contribution in [0.25, 0.3) is 10.9 Å². The Labute approximate surface area is 129 Å². The van der Waals surface area contributed by atoms with Crippen molar-refractivity contribution in [2.45, 2.75) is 31.7 Å². The molecular weight excluding hydrogens is 286 g/mol. The number of piperidine rings is 1. The van der Waals surface area contributed by atoms with E-state index in [1.54, 1.807) is 7.11 Å². The number of nitrogens with one attached hydrogen (secondary N) is 1. The molecule has 1 fully saturated rings. The van der Waals surface area contributed by atoms with Gasteiger partial charge in [-0.1, -0.05) is 0 Å². The summed E-state index contributed by atoms with van der Waals surface area (Å²) in [5.41, 5.74) is 1.42. The number of aryl methyl sites for hydroxylation is 1. The fourth-order valence-corrected chi connectivity index (χ4v) is 3.37. The Morgan fingerprint density at radius 3 is 2.86 bits per heavy atom. The molecule has 1 aromatic carbocycles. The summed E-state index contributed by atoms with van der Waals surface area (Å²) in [7, 11) is 1.65. The van der Waals surface area contributed by atoms with Crippen LogP contribution in [0.3, 0.4) is 0 Å². The third-order valence-corrected chi connectivity index (χ3v) is 4.43. The molecular formula is C17H22F2N2O. The minimum Gasteiger partial charge on any atom is -0.385 e. The quantitative estimate of drug-likeness (QED) is 0.857. The smallest absolute Gasteiger partial charge is 0.147 e. The minimum absolute atomic E-state index is 0.308. The van der Waals surface area contributed by atoms with Crippen molar-refractivity contribution in [2.24, 2.45) is 0 Å². The van der Waals surface area contributed by atoms with Gasteiger partial charge in [0.1, 0.15) is 11.6 Å². The molecule has 0 bridgehead atoms. The third-order valence-electron chi connectivity index (χ3n) is 4.43. The Morgan fingerprint density at radius 2 is 2.14 bits per heavy atom. The maximum Gasteiger partial charge on any atom is 0.147 e. The summed E-state index contributed by atoms with van der Waals surface area (Å²) in [6.07, 6.45) is 2.93. The molecule has 0 saturated carbocycles. The molecule has 1 aliphatic heterocycles. The number of halogens is 2. The van der Waals surface area contributed by atoms with Gasteiger partial charge in [0.25, 0.3) is 0 Å². The number of fused-ring (bicyclic) bond motifs is 1. The molecule has 2 heterocycles. The van der Waals surface area contributed by atoms with Gasteiger partial charge in [-0.2, -0.15) is 0 Å². The molecule has 2 aromatic rings. The number of hydrogen-bond donors (Lipinski definition) is 1. The zero-order valence-corrected chi connectivity index (χ0v) is 12.9. The molecule has 0 aliphatic carbocycles. The number of nitrogens with zero attached hydrogens (tertiary/aromatic N) is 1. The first kappa shape index (κ1) is 15.4. The summed E-state index contributed by atoms with van der Waals surface area (Å²) < 4.78 is 35.4. The molecule has 120 valence electrons. The van der Waals surface area contributed by atoms with Crippen LogP contribution in [0, 0.1) is 11.6 Å². The SMILES string of the molecule is COCCCn1c(C2CCCNC2)cc2c(F)ccc(F)c21. The van der Waals surface area contributed by atoms with Gasteiger partial charge in [-0.3, -0.25) is 0 Å². The zero-order chi connectivity index (χ0) is 15.5. The first-order valence-electron chi connectivity index (χ1n) is 7.89. The summed E-state index contributed by atoms with van der Waals surface area (Å²) in [6.45, 7) is 3.13. The van der Waals surface area contributed by atoms with Gasteiger partial charge in [0.05, 0.1) is 5.52 Å². The van der Waals surface area contributed by atoms with Gasteiger partial charge in [-0.05, 0) is 44.0 Å². The van der Waals surface area contributed by atoms with E-state index in [2.05, 4.69) is 5.32 Å². The summed E-state index contributed by atoms with van der Waals surface area (Å²) in [4.78, 5) is 0. The summed E-state index contributed by atoms with van der Waals surface area (Å²) in [5, 5.41) is 3.76. The molecule has 1 N–H and O–H groups in total. The number of rotatable bonds is 5. The molecule has 1 aromatic heterocycles. The first-order valence-corrected chi connectivity index (χ1v) is 7.89. The average Bonchev–Trinajstić information content (AvgIpc) is 2.93. The van der Waals surface area contributed by atoms with Crippen LogP contribution in [0.1, 0.15) is 30.9 Å². The normalized spacial score (nSPS) is 19.0. The van der Waals surface area contributed by atoms with Gasteiger partial charge in [0.2, 0.25) is 0 Å². The van der Waals surface area contributed by atoms with E-state index in [0.29, 0.717) is 30.0 Å². The highest BCUT2D eigenvalue weighted by Gasteiger charge is 2.23. The third kappa shape index (κ3) is 2.88. The maximum atomic E-state index is 14.3. The van der Waals surface area contributed by atoms with E-state index in [1.807, 2.05) is 10.6 Å². The highest BCUT2D eigenvalue weighted by atomic mass is 19.1. The Morgan fingerprint density at radius 1 is 1.32 bits per heavy atom. The average molecular weight is 308 g/mol. The van der Waals surface area contributed by atoms with Gasteiger partial charge < -0.3 is 14.6 Å². The van der Waals surface area contributed by atoms with Gasteiger partial charge in [-0.25, -0.2) is 8.78 Å². The number of aromatic nitrogens is 1. The molecule has 1 aliphatic rings. The Bertz CT molecular complexity index is 648. The van der Waals surface area contributed by atoms with Gasteiger partial charge in [0, 0.05) is 43.8 Å². The number of benzene rings is 1. The monoisotopic (exact) mass is 308 g/mol. The van der Waals surface area contributed by atoms with Gasteiger partial charge in [0.15, 0.2) is 0 Å². The molecule has 0 spiro atoms. The summed E-state index contributed by atoms with van der Waals surface area (Å²) in [6, 6.07) is 4.26. The largest absolute Gasteiger partial charge is 0.385 e. The molecule has 1 saturated heterocycles. The van der Waals surface area contributed by atoms with Crippen molar-refractivity contribution in [2.75, 3.05) is 26.8 Å². The molecule has 3 nitrogen and oxygen atoms in total. The van der Waals surface area contributed by atoms with E-state index in [0.717, 1.165) is 38.0 Å². The Kier molecular flexibility index (Phi) is 4.74. The second kappa shape index (κ2) is 6.75. The molecule has 22 heavy (non-hydrogen) atoms. The van der Waals surface area contributed by atoms with Crippen LogP contribution in [0.15, 0.2) is 18.2 Å². The highest BCUT2D eigenvalue weighted by molar-refractivity contribution is 5.83. The molecule has 0 radical (unpaired) electrons. The lowest BCUT2D eigenvalue weighted by Crippen LogP contribution is -2.29. The van der Waals surface area contributed by atoms with Crippen LogP contribution in [0.4, 0.5) is 8.78 Å². The Hall–Kier alpha value is -1.46. The molecule has 0 amide bonds. The van der Waals surface area contributed by atoms with Crippen molar-refractivity contribution in [3.05, 3.63) is 35.5 Å². The lowest BCUT2D eigenvalue weighted by Gasteiger charge is -2.24. The topological polar surface area (TPSA) is 26.2 Å². The van der Waals surface area contributed by atoms with Crippen LogP contribution in [-0.2, 0) is 11.3 Å². The second-order valence-electron chi connectivity index (χ2n) is 5.90.